The van der Waals surface area contributed by atoms with E-state index in [4.69, 9.17) is 23.2 Å². The van der Waals surface area contributed by atoms with Crippen LogP contribution in [0.4, 0.5) is 0 Å². The van der Waals surface area contributed by atoms with E-state index in [2.05, 4.69) is 10.3 Å². The van der Waals surface area contributed by atoms with Crippen molar-refractivity contribution in [3.05, 3.63) is 49.9 Å². The summed E-state index contributed by atoms with van der Waals surface area (Å²) in [6, 6.07) is 5.55. The van der Waals surface area contributed by atoms with Crippen molar-refractivity contribution in [2.24, 2.45) is 0 Å². The molecular formula is C12H12Cl2N2S. The summed E-state index contributed by atoms with van der Waals surface area (Å²) in [6.45, 7) is 3.56. The van der Waals surface area contributed by atoms with Crippen LogP contribution < -0.4 is 5.32 Å². The molecule has 2 aromatic rings. The number of hydrogen-bond donors (Lipinski definition) is 1. The highest BCUT2D eigenvalue weighted by atomic mass is 35.5. The normalized spacial score (nSPS) is 10.8. The quantitative estimate of drug-likeness (QED) is 0.917. The minimum atomic E-state index is 0.664. The van der Waals surface area contributed by atoms with Crippen molar-refractivity contribution in [2.45, 2.75) is 20.0 Å². The van der Waals surface area contributed by atoms with E-state index in [0.29, 0.717) is 10.0 Å². The van der Waals surface area contributed by atoms with E-state index in [-0.39, 0.29) is 0 Å². The zero-order valence-corrected chi connectivity index (χ0v) is 11.7. The predicted molar refractivity (Wildman–Crippen MR) is 73.9 cm³/mol. The molecule has 0 atom stereocenters. The number of halogens is 2. The van der Waals surface area contributed by atoms with Crippen LogP contribution in [0.5, 0.6) is 0 Å². The van der Waals surface area contributed by atoms with Gasteiger partial charge in [0.25, 0.3) is 0 Å². The number of nitrogens with one attached hydrogen (secondary N) is 1. The number of hydrogen-bond acceptors (Lipinski definition) is 3. The van der Waals surface area contributed by atoms with Crippen molar-refractivity contribution in [3.8, 4) is 0 Å². The van der Waals surface area contributed by atoms with E-state index in [9.17, 15) is 0 Å². The van der Waals surface area contributed by atoms with Crippen molar-refractivity contribution in [1.82, 2.24) is 10.3 Å². The average molecular weight is 287 g/mol. The number of nitrogens with zero attached hydrogens (tertiary/aromatic N) is 1. The minimum absolute atomic E-state index is 0.664. The van der Waals surface area contributed by atoms with Gasteiger partial charge in [-0.15, -0.1) is 11.3 Å². The van der Waals surface area contributed by atoms with Gasteiger partial charge in [0.1, 0.15) is 0 Å². The first-order valence-corrected chi connectivity index (χ1v) is 6.84. The Bertz CT molecular complexity index is 511. The molecule has 2 nitrogen and oxygen atoms in total. The summed E-state index contributed by atoms with van der Waals surface area (Å²) in [5.41, 5.74) is 4.00. The first-order valence-electron chi connectivity index (χ1n) is 5.20. The van der Waals surface area contributed by atoms with E-state index in [1.54, 1.807) is 17.4 Å². The van der Waals surface area contributed by atoms with Gasteiger partial charge in [-0.05, 0) is 24.6 Å². The lowest BCUT2D eigenvalue weighted by atomic mass is 10.2. The Morgan fingerprint density at radius 3 is 2.76 bits per heavy atom. The van der Waals surface area contributed by atoms with Crippen LogP contribution in [0.25, 0.3) is 0 Å². The smallest absolute Gasteiger partial charge is 0.0798 e. The number of thiazole rings is 1. The van der Waals surface area contributed by atoms with Crippen LogP contribution in [-0.2, 0) is 13.1 Å². The molecule has 0 spiro atoms. The number of aromatic nitrogens is 1. The van der Waals surface area contributed by atoms with Gasteiger partial charge in [-0.2, -0.15) is 0 Å². The molecule has 0 fully saturated rings. The average Bonchev–Trinajstić information content (AvgIpc) is 2.68. The molecule has 0 aliphatic carbocycles. The van der Waals surface area contributed by atoms with Gasteiger partial charge in [-0.25, -0.2) is 4.98 Å². The van der Waals surface area contributed by atoms with Gasteiger partial charge >= 0.3 is 0 Å². The van der Waals surface area contributed by atoms with Crippen molar-refractivity contribution < 1.29 is 0 Å². The van der Waals surface area contributed by atoms with Gasteiger partial charge in [0.2, 0.25) is 0 Å². The molecule has 1 heterocycles. The van der Waals surface area contributed by atoms with Crippen LogP contribution in [0, 0.1) is 6.92 Å². The molecule has 0 saturated carbocycles. The molecule has 0 saturated heterocycles. The highest BCUT2D eigenvalue weighted by molar-refractivity contribution is 7.09. The van der Waals surface area contributed by atoms with Crippen LogP contribution in [0.1, 0.15) is 16.1 Å². The first kappa shape index (κ1) is 12.8. The van der Waals surface area contributed by atoms with E-state index >= 15 is 0 Å². The molecule has 1 aromatic heterocycles. The lowest BCUT2D eigenvalue weighted by Crippen LogP contribution is -2.12. The second-order valence-corrected chi connectivity index (χ2v) is 5.48. The molecule has 1 aromatic carbocycles. The summed E-state index contributed by atoms with van der Waals surface area (Å²) >= 11 is 13.6. The topological polar surface area (TPSA) is 24.9 Å². The van der Waals surface area contributed by atoms with Gasteiger partial charge < -0.3 is 5.32 Å². The number of benzene rings is 1. The molecule has 0 aliphatic heterocycles. The van der Waals surface area contributed by atoms with E-state index < -0.39 is 0 Å². The van der Waals surface area contributed by atoms with Crippen LogP contribution in [0.15, 0.2) is 23.7 Å². The highest BCUT2D eigenvalue weighted by Crippen LogP contribution is 2.21. The summed E-state index contributed by atoms with van der Waals surface area (Å²) in [4.78, 5) is 5.47. The van der Waals surface area contributed by atoms with Crippen LogP contribution in [0.2, 0.25) is 10.0 Å². The Morgan fingerprint density at radius 2 is 2.12 bits per heavy atom. The van der Waals surface area contributed by atoms with Crippen molar-refractivity contribution in [1.29, 1.82) is 0 Å². The maximum Gasteiger partial charge on any atom is 0.0798 e. The van der Waals surface area contributed by atoms with Gasteiger partial charge in [0.05, 0.1) is 11.2 Å². The molecule has 2 rings (SSSR count). The molecule has 0 bridgehead atoms. The van der Waals surface area contributed by atoms with Gasteiger partial charge in [0.15, 0.2) is 0 Å². The Morgan fingerprint density at radius 1 is 1.29 bits per heavy atom. The van der Waals surface area contributed by atoms with Crippen LogP contribution in [-0.4, -0.2) is 4.98 Å². The predicted octanol–water partition coefficient (Wildman–Crippen LogP) is 4.05. The summed E-state index contributed by atoms with van der Waals surface area (Å²) < 4.78 is 0. The summed E-state index contributed by atoms with van der Waals surface area (Å²) in [7, 11) is 0. The zero-order chi connectivity index (χ0) is 12.3. The van der Waals surface area contributed by atoms with Crippen molar-refractivity contribution in [2.75, 3.05) is 0 Å². The summed E-state index contributed by atoms with van der Waals surface area (Å²) in [5, 5.41) is 4.71. The third-order valence-electron chi connectivity index (χ3n) is 2.46. The fraction of sp³-hybridized carbons (Fsp3) is 0.250. The molecule has 1 N–H and O–H groups in total. The lowest BCUT2D eigenvalue weighted by Gasteiger charge is -2.06. The molecule has 5 heteroatoms. The molecule has 0 aliphatic rings. The fourth-order valence-corrected chi connectivity index (χ4v) is 2.69. The van der Waals surface area contributed by atoms with E-state index in [1.165, 1.54) is 4.88 Å². The van der Waals surface area contributed by atoms with E-state index in [0.717, 1.165) is 24.3 Å². The molecule has 90 valence electrons. The zero-order valence-electron chi connectivity index (χ0n) is 9.34. The SMILES string of the molecule is Cc1ncsc1CNCc1ccc(Cl)cc1Cl. The summed E-state index contributed by atoms with van der Waals surface area (Å²) in [6.07, 6.45) is 0. The Labute approximate surface area is 115 Å². The van der Waals surface area contributed by atoms with Gasteiger partial charge in [-0.3, -0.25) is 0 Å². The van der Waals surface area contributed by atoms with E-state index in [1.807, 2.05) is 24.6 Å². The third kappa shape index (κ3) is 3.42. The largest absolute Gasteiger partial charge is 0.308 e. The minimum Gasteiger partial charge on any atom is -0.308 e. The number of aryl methyl sites for hydroxylation is 1. The molecule has 17 heavy (non-hydrogen) atoms. The van der Waals surface area contributed by atoms with Gasteiger partial charge in [0, 0.05) is 28.0 Å². The van der Waals surface area contributed by atoms with Crippen LogP contribution in [0.3, 0.4) is 0 Å². The second kappa shape index (κ2) is 5.83. The maximum absolute atomic E-state index is 6.09. The Balaban J connectivity index is 1.92. The standard InChI is InChI=1S/C12H12Cl2N2S/c1-8-12(17-7-16-8)6-15-5-9-2-3-10(13)4-11(9)14/h2-4,7,15H,5-6H2,1H3. The molecule has 0 radical (unpaired) electrons. The summed E-state index contributed by atoms with van der Waals surface area (Å²) in [5.74, 6) is 0. The monoisotopic (exact) mass is 286 g/mol. The first-order chi connectivity index (χ1) is 8.16. The van der Waals surface area contributed by atoms with Crippen molar-refractivity contribution in [3.63, 3.8) is 0 Å². The van der Waals surface area contributed by atoms with Crippen molar-refractivity contribution >= 4 is 34.5 Å². The third-order valence-corrected chi connectivity index (χ3v) is 3.98. The molecular weight excluding hydrogens is 275 g/mol. The van der Waals surface area contributed by atoms with Crippen LogP contribution >= 0.6 is 34.5 Å². The lowest BCUT2D eigenvalue weighted by molar-refractivity contribution is 0.697. The maximum atomic E-state index is 6.09. The molecule has 0 amide bonds. The highest BCUT2D eigenvalue weighted by Gasteiger charge is 2.03. The second-order valence-electron chi connectivity index (χ2n) is 3.70. The Hall–Kier alpha value is -0.610. The fourth-order valence-electron chi connectivity index (χ4n) is 1.47. The molecule has 0 unspecified atom stereocenters. The van der Waals surface area contributed by atoms with Gasteiger partial charge in [-0.1, -0.05) is 29.3 Å². The Kier molecular flexibility index (Phi) is 4.40. The number of rotatable bonds is 4.